The number of aryl methyl sites for hydroxylation is 1. The number of rotatable bonds is 5. The maximum Gasteiger partial charge on any atom is 0.150 e. The molecular weight excluding hydrogens is 300 g/mol. The van der Waals surface area contributed by atoms with E-state index in [1.807, 2.05) is 12.3 Å². The van der Waals surface area contributed by atoms with Crippen LogP contribution in [0.15, 0.2) is 17.5 Å². The van der Waals surface area contributed by atoms with Crippen molar-refractivity contribution in [1.29, 1.82) is 0 Å². The van der Waals surface area contributed by atoms with Gasteiger partial charge in [-0.2, -0.15) is 0 Å². The normalized spacial score (nSPS) is 10.6. The lowest BCUT2D eigenvalue weighted by atomic mass is 10.2. The number of nitrogens with one attached hydrogen (secondary N) is 1. The van der Waals surface area contributed by atoms with Gasteiger partial charge in [-0.15, -0.1) is 11.3 Å². The Morgan fingerprint density at radius 3 is 2.55 bits per heavy atom. The first kappa shape index (κ1) is 14.8. The Hall–Kier alpha value is -1.60. The summed E-state index contributed by atoms with van der Waals surface area (Å²) in [6.45, 7) is 2.30. The first-order valence-electron chi connectivity index (χ1n) is 5.91. The highest BCUT2D eigenvalue weighted by molar-refractivity contribution is 7.80. The van der Waals surface area contributed by atoms with Crippen LogP contribution in [0.2, 0.25) is 0 Å². The van der Waals surface area contributed by atoms with E-state index in [1.54, 1.807) is 0 Å². The van der Waals surface area contributed by atoms with Gasteiger partial charge in [0.2, 0.25) is 0 Å². The van der Waals surface area contributed by atoms with Crippen LogP contribution < -0.4 is 11.1 Å². The van der Waals surface area contributed by atoms with Gasteiger partial charge >= 0.3 is 0 Å². The molecule has 2 rings (SSSR count). The van der Waals surface area contributed by atoms with Crippen LogP contribution in [-0.4, -0.2) is 16.5 Å². The van der Waals surface area contributed by atoms with E-state index in [9.17, 15) is 8.78 Å². The Morgan fingerprint density at radius 1 is 1.40 bits per heavy atom. The second kappa shape index (κ2) is 6.23. The molecule has 20 heavy (non-hydrogen) atoms. The molecule has 3 nitrogen and oxygen atoms in total. The zero-order valence-electron chi connectivity index (χ0n) is 10.7. The smallest absolute Gasteiger partial charge is 0.150 e. The summed E-state index contributed by atoms with van der Waals surface area (Å²) in [7, 11) is 0. The minimum Gasteiger partial charge on any atom is -0.389 e. The monoisotopic (exact) mass is 313 g/mol. The number of anilines is 1. The number of hydrogen-bond donors (Lipinski definition) is 2. The number of hydrogen-bond acceptors (Lipinski definition) is 4. The summed E-state index contributed by atoms with van der Waals surface area (Å²) in [5.74, 6) is -1.41. The van der Waals surface area contributed by atoms with Crippen LogP contribution in [0.25, 0.3) is 0 Å². The van der Waals surface area contributed by atoms with Gasteiger partial charge in [-0.05, 0) is 19.1 Å². The van der Waals surface area contributed by atoms with Crippen LogP contribution >= 0.6 is 23.6 Å². The molecule has 1 aromatic carbocycles. The standard InChI is InChI=1S/C13H13F2N3S2/c1-7-6-20-11(18-7)2-3-17-12-9(14)4-8(13(16)19)5-10(12)15/h4-6,17H,2-3H2,1H3,(H2,16,19). The molecule has 0 bridgehead atoms. The molecule has 2 aromatic rings. The van der Waals surface area contributed by atoms with Crippen molar-refractivity contribution < 1.29 is 8.78 Å². The van der Waals surface area contributed by atoms with Gasteiger partial charge in [0, 0.05) is 29.6 Å². The second-order valence-corrected chi connectivity index (χ2v) is 5.62. The van der Waals surface area contributed by atoms with Crippen LogP contribution in [0.1, 0.15) is 16.3 Å². The third-order valence-electron chi connectivity index (χ3n) is 2.63. The maximum atomic E-state index is 13.8. The summed E-state index contributed by atoms with van der Waals surface area (Å²) < 4.78 is 27.5. The van der Waals surface area contributed by atoms with Gasteiger partial charge in [-0.3, -0.25) is 0 Å². The lowest BCUT2D eigenvalue weighted by molar-refractivity contribution is 0.587. The highest BCUT2D eigenvalue weighted by Gasteiger charge is 2.12. The Morgan fingerprint density at radius 2 is 2.05 bits per heavy atom. The number of benzene rings is 1. The highest BCUT2D eigenvalue weighted by atomic mass is 32.1. The van der Waals surface area contributed by atoms with Crippen molar-refractivity contribution in [2.45, 2.75) is 13.3 Å². The summed E-state index contributed by atoms with van der Waals surface area (Å²) >= 11 is 6.22. The molecule has 0 radical (unpaired) electrons. The van der Waals surface area contributed by atoms with Crippen molar-refractivity contribution in [3.63, 3.8) is 0 Å². The highest BCUT2D eigenvalue weighted by Crippen LogP contribution is 2.21. The minimum absolute atomic E-state index is 0.0346. The Bertz CT molecular complexity index is 617. The number of thiazole rings is 1. The zero-order chi connectivity index (χ0) is 14.7. The first-order chi connectivity index (χ1) is 9.47. The molecular formula is C13H13F2N3S2. The van der Waals surface area contributed by atoms with Crippen LogP contribution in [0, 0.1) is 18.6 Å². The van der Waals surface area contributed by atoms with E-state index in [2.05, 4.69) is 10.3 Å². The Kier molecular flexibility index (Phi) is 4.61. The molecule has 3 N–H and O–H groups in total. The maximum absolute atomic E-state index is 13.8. The molecule has 0 spiro atoms. The predicted molar refractivity (Wildman–Crippen MR) is 81.3 cm³/mol. The fourth-order valence-electron chi connectivity index (χ4n) is 1.70. The largest absolute Gasteiger partial charge is 0.389 e. The fourth-order valence-corrected chi connectivity index (χ4v) is 2.59. The van der Waals surface area contributed by atoms with Crippen molar-refractivity contribution in [2.24, 2.45) is 5.73 Å². The van der Waals surface area contributed by atoms with E-state index in [0.717, 1.165) is 22.8 Å². The zero-order valence-corrected chi connectivity index (χ0v) is 12.4. The number of aromatic nitrogens is 1. The molecule has 0 fully saturated rings. The number of nitrogens with two attached hydrogens (primary N) is 1. The van der Waals surface area contributed by atoms with E-state index < -0.39 is 11.6 Å². The number of thiocarbonyl (C=S) groups is 1. The van der Waals surface area contributed by atoms with Gasteiger partial charge < -0.3 is 11.1 Å². The molecule has 0 amide bonds. The van der Waals surface area contributed by atoms with Crippen molar-refractivity contribution in [2.75, 3.05) is 11.9 Å². The van der Waals surface area contributed by atoms with Gasteiger partial charge in [0.25, 0.3) is 0 Å². The Labute approximate surface area is 124 Å². The average molecular weight is 313 g/mol. The number of nitrogens with zero attached hydrogens (tertiary/aromatic N) is 1. The molecule has 0 aliphatic rings. The van der Waals surface area contributed by atoms with Crippen molar-refractivity contribution in [1.82, 2.24) is 4.98 Å². The van der Waals surface area contributed by atoms with Crippen molar-refractivity contribution >= 4 is 34.2 Å². The Balaban J connectivity index is 2.04. The summed E-state index contributed by atoms with van der Waals surface area (Å²) in [6.07, 6.45) is 0.606. The third kappa shape index (κ3) is 3.49. The van der Waals surface area contributed by atoms with Crippen LogP contribution in [0.4, 0.5) is 14.5 Å². The van der Waals surface area contributed by atoms with E-state index in [4.69, 9.17) is 18.0 Å². The van der Waals surface area contributed by atoms with E-state index in [1.165, 1.54) is 11.3 Å². The van der Waals surface area contributed by atoms with Crippen LogP contribution in [-0.2, 0) is 6.42 Å². The molecule has 0 saturated carbocycles. The van der Waals surface area contributed by atoms with Gasteiger partial charge in [-0.1, -0.05) is 12.2 Å². The van der Waals surface area contributed by atoms with Crippen LogP contribution in [0.3, 0.4) is 0 Å². The lowest BCUT2D eigenvalue weighted by Crippen LogP contribution is -2.13. The molecule has 0 aliphatic heterocycles. The second-order valence-electron chi connectivity index (χ2n) is 4.24. The van der Waals surface area contributed by atoms with Gasteiger partial charge in [-0.25, -0.2) is 13.8 Å². The molecule has 0 unspecified atom stereocenters. The molecule has 0 saturated heterocycles. The van der Waals surface area contributed by atoms with Gasteiger partial charge in [0.05, 0.1) is 5.01 Å². The van der Waals surface area contributed by atoms with Crippen molar-refractivity contribution in [3.8, 4) is 0 Å². The van der Waals surface area contributed by atoms with E-state index in [0.29, 0.717) is 13.0 Å². The van der Waals surface area contributed by atoms with E-state index in [-0.39, 0.29) is 16.2 Å². The number of halogens is 2. The molecule has 106 valence electrons. The predicted octanol–water partition coefficient (Wildman–Crippen LogP) is 3.02. The molecule has 0 aliphatic carbocycles. The molecule has 1 heterocycles. The average Bonchev–Trinajstić information content (AvgIpc) is 2.78. The SMILES string of the molecule is Cc1csc(CCNc2c(F)cc(C(N)=S)cc2F)n1. The van der Waals surface area contributed by atoms with Crippen LogP contribution in [0.5, 0.6) is 0 Å². The van der Waals surface area contributed by atoms with Gasteiger partial charge in [0.1, 0.15) is 22.3 Å². The van der Waals surface area contributed by atoms with Gasteiger partial charge in [0.15, 0.2) is 0 Å². The topological polar surface area (TPSA) is 50.9 Å². The molecule has 1 aromatic heterocycles. The molecule has 7 heteroatoms. The summed E-state index contributed by atoms with van der Waals surface area (Å²) in [6, 6.07) is 2.25. The quantitative estimate of drug-likeness (QED) is 0.833. The first-order valence-corrected chi connectivity index (χ1v) is 7.20. The fraction of sp³-hybridized carbons (Fsp3) is 0.231. The summed E-state index contributed by atoms with van der Waals surface area (Å²) in [5.41, 5.74) is 6.31. The summed E-state index contributed by atoms with van der Waals surface area (Å²) in [5, 5.41) is 5.60. The molecule has 0 atom stereocenters. The summed E-state index contributed by atoms with van der Waals surface area (Å²) in [4.78, 5) is 4.25. The van der Waals surface area contributed by atoms with E-state index >= 15 is 0 Å². The lowest BCUT2D eigenvalue weighted by Gasteiger charge is -2.09. The van der Waals surface area contributed by atoms with Crippen molar-refractivity contribution in [3.05, 3.63) is 45.4 Å². The minimum atomic E-state index is -0.705. The third-order valence-corrected chi connectivity index (χ3v) is 3.90.